The molecule has 2 aliphatic rings. The summed E-state index contributed by atoms with van der Waals surface area (Å²) in [6.07, 6.45) is 8.78. The normalized spacial score (nSPS) is 17.6. The lowest BCUT2D eigenvalue weighted by atomic mass is 9.89. The first-order valence-corrected chi connectivity index (χ1v) is 13.3. The number of nitrogens with one attached hydrogen (secondary N) is 2. The van der Waals surface area contributed by atoms with Crippen LogP contribution in [0.15, 0.2) is 61.4 Å². The number of aryl methyl sites for hydroxylation is 1. The van der Waals surface area contributed by atoms with Gasteiger partial charge in [0.2, 0.25) is 11.8 Å². The number of anilines is 2. The van der Waals surface area contributed by atoms with E-state index in [0.717, 1.165) is 46.7 Å². The number of benzene rings is 1. The summed E-state index contributed by atoms with van der Waals surface area (Å²) in [4.78, 5) is 34.5. The smallest absolute Gasteiger partial charge is 0.245 e. The van der Waals surface area contributed by atoms with Crippen LogP contribution in [0.2, 0.25) is 0 Å². The Morgan fingerprint density at radius 3 is 2.60 bits per heavy atom. The topological polar surface area (TPSA) is 131 Å². The Balaban J connectivity index is 1.08. The summed E-state index contributed by atoms with van der Waals surface area (Å²) in [5.74, 6) is 2.38. The van der Waals surface area contributed by atoms with Crippen molar-refractivity contribution >= 4 is 34.5 Å². The summed E-state index contributed by atoms with van der Waals surface area (Å²) in [7, 11) is 0. The molecule has 5 aromatic rings. The fourth-order valence-corrected chi connectivity index (χ4v) is 5.50. The van der Waals surface area contributed by atoms with Crippen molar-refractivity contribution < 1.29 is 14.3 Å². The highest BCUT2D eigenvalue weighted by molar-refractivity contribution is 5.97. The van der Waals surface area contributed by atoms with Gasteiger partial charge in [-0.25, -0.2) is 19.0 Å². The molecule has 0 radical (unpaired) electrons. The van der Waals surface area contributed by atoms with Crippen LogP contribution in [-0.2, 0) is 9.59 Å². The monoisotopic (exact) mass is 537 g/mol. The molecule has 1 atom stereocenters. The molecule has 2 aliphatic heterocycles. The highest BCUT2D eigenvalue weighted by Gasteiger charge is 2.36. The van der Waals surface area contributed by atoms with Crippen molar-refractivity contribution in [2.75, 3.05) is 18.4 Å². The van der Waals surface area contributed by atoms with Crippen LogP contribution in [-0.4, -0.2) is 65.0 Å². The van der Waals surface area contributed by atoms with Gasteiger partial charge in [-0.05, 0) is 67.1 Å². The molecule has 2 saturated heterocycles. The molecule has 0 saturated carbocycles. The number of aromatic nitrogens is 6. The van der Waals surface area contributed by atoms with Gasteiger partial charge in [-0.2, -0.15) is 10.2 Å². The molecular weight excluding hydrogens is 510 g/mol. The van der Waals surface area contributed by atoms with Gasteiger partial charge in [-0.3, -0.25) is 9.59 Å². The number of likely N-dealkylation sites (tertiary alicyclic amines) is 1. The first-order chi connectivity index (χ1) is 19.5. The quantitative estimate of drug-likeness (QED) is 0.316. The zero-order valence-corrected chi connectivity index (χ0v) is 21.8. The van der Waals surface area contributed by atoms with Gasteiger partial charge in [0.1, 0.15) is 35.7 Å². The first-order valence-electron chi connectivity index (χ1n) is 13.3. The van der Waals surface area contributed by atoms with E-state index in [1.54, 1.807) is 4.52 Å². The molecule has 12 nitrogen and oxygen atoms in total. The Morgan fingerprint density at radius 1 is 1.02 bits per heavy atom. The molecule has 0 bridgehead atoms. The summed E-state index contributed by atoms with van der Waals surface area (Å²) in [6.45, 7) is 3.32. The number of carbonyl (C=O) groups excluding carboxylic acids is 2. The van der Waals surface area contributed by atoms with E-state index in [1.807, 2.05) is 59.1 Å². The molecule has 202 valence electrons. The van der Waals surface area contributed by atoms with Crippen LogP contribution in [0.25, 0.3) is 11.2 Å². The van der Waals surface area contributed by atoms with Crippen LogP contribution >= 0.6 is 0 Å². The number of rotatable bonds is 6. The molecule has 1 aromatic carbocycles. The number of nitrogens with zero attached hydrogens (tertiary/aromatic N) is 7. The van der Waals surface area contributed by atoms with Gasteiger partial charge >= 0.3 is 0 Å². The second kappa shape index (κ2) is 9.63. The average Bonchev–Trinajstić information content (AvgIpc) is 3.60. The molecule has 6 heterocycles. The number of hydrogen-bond donors (Lipinski definition) is 2. The Labute approximate surface area is 229 Å². The van der Waals surface area contributed by atoms with Crippen molar-refractivity contribution in [1.29, 1.82) is 0 Å². The minimum atomic E-state index is -0.360. The van der Waals surface area contributed by atoms with Gasteiger partial charge < -0.3 is 20.3 Å². The van der Waals surface area contributed by atoms with Gasteiger partial charge in [-0.15, -0.1) is 0 Å². The van der Waals surface area contributed by atoms with Gasteiger partial charge in [0.25, 0.3) is 0 Å². The molecule has 2 amide bonds. The van der Waals surface area contributed by atoms with Gasteiger partial charge in [0.05, 0.1) is 6.42 Å². The highest BCUT2D eigenvalue weighted by atomic mass is 16.5. The second-order valence-corrected chi connectivity index (χ2v) is 10.2. The summed E-state index contributed by atoms with van der Waals surface area (Å²) in [5, 5.41) is 14.7. The zero-order valence-electron chi connectivity index (χ0n) is 21.8. The molecule has 2 fully saturated rings. The summed E-state index contributed by atoms with van der Waals surface area (Å²) in [6, 6.07) is 11.3. The minimum absolute atomic E-state index is 0.0207. The standard InChI is InChI=1S/C28H27N9O3/c1-17-12-19(2-3-23(17)40-20-6-10-36-24(13-20)29-15-31-36)33-27-26-21(7-11-37(26)32-16-30-27)18-4-8-35(9-5-18)28(39)22-14-25(38)34-22/h2-3,6-7,10-13,15-16,18,22H,4-5,8-9,14H2,1H3,(H,34,38)(H,30,32,33). The van der Waals surface area contributed by atoms with Crippen molar-refractivity contribution in [3.05, 3.63) is 72.6 Å². The molecule has 2 N–H and O–H groups in total. The van der Waals surface area contributed by atoms with Gasteiger partial charge in [-0.1, -0.05) is 0 Å². The van der Waals surface area contributed by atoms with Crippen molar-refractivity contribution in [3.63, 3.8) is 0 Å². The van der Waals surface area contributed by atoms with E-state index in [4.69, 9.17) is 4.74 Å². The van der Waals surface area contributed by atoms with Crippen molar-refractivity contribution in [3.8, 4) is 11.5 Å². The molecule has 0 aliphatic carbocycles. The van der Waals surface area contributed by atoms with Gasteiger partial charge in [0.15, 0.2) is 11.5 Å². The van der Waals surface area contributed by atoms with E-state index in [1.165, 1.54) is 12.7 Å². The number of pyridine rings is 1. The van der Waals surface area contributed by atoms with Crippen LogP contribution in [0.1, 0.15) is 36.3 Å². The molecule has 7 rings (SSSR count). The highest BCUT2D eigenvalue weighted by Crippen LogP contribution is 2.35. The zero-order chi connectivity index (χ0) is 27.2. The van der Waals surface area contributed by atoms with Crippen LogP contribution < -0.4 is 15.4 Å². The van der Waals surface area contributed by atoms with E-state index >= 15 is 0 Å². The molecule has 12 heteroatoms. The summed E-state index contributed by atoms with van der Waals surface area (Å²) >= 11 is 0. The predicted molar refractivity (Wildman–Crippen MR) is 146 cm³/mol. The third kappa shape index (κ3) is 4.36. The van der Waals surface area contributed by atoms with Crippen LogP contribution in [0, 0.1) is 6.92 Å². The van der Waals surface area contributed by atoms with Crippen LogP contribution in [0.3, 0.4) is 0 Å². The number of piperidine rings is 1. The summed E-state index contributed by atoms with van der Waals surface area (Å²) in [5.41, 5.74) is 4.65. The van der Waals surface area contributed by atoms with E-state index < -0.39 is 0 Å². The molecule has 40 heavy (non-hydrogen) atoms. The Morgan fingerprint density at radius 2 is 1.80 bits per heavy atom. The predicted octanol–water partition coefficient (Wildman–Crippen LogP) is 3.21. The fraction of sp³-hybridized carbons (Fsp3) is 0.286. The maximum absolute atomic E-state index is 12.6. The van der Waals surface area contributed by atoms with E-state index in [0.29, 0.717) is 30.9 Å². The minimum Gasteiger partial charge on any atom is -0.457 e. The van der Waals surface area contributed by atoms with Crippen molar-refractivity contribution in [1.82, 2.24) is 39.4 Å². The second-order valence-electron chi connectivity index (χ2n) is 10.2. The Kier molecular flexibility index (Phi) is 5.80. The van der Waals surface area contributed by atoms with Crippen LogP contribution in [0.5, 0.6) is 11.5 Å². The SMILES string of the molecule is Cc1cc(Nc2ncnn3ccc(C4CCN(C(=O)C5CC(=O)N5)CC4)c23)ccc1Oc1ccn2ncnc2c1. The lowest BCUT2D eigenvalue weighted by Crippen LogP contribution is -2.58. The molecular formula is C28H27N9O3. The first kappa shape index (κ1) is 24.1. The number of hydrogen-bond acceptors (Lipinski definition) is 8. The number of β-lactam (4-membered cyclic amide) rings is 1. The lowest BCUT2D eigenvalue weighted by molar-refractivity contribution is -0.144. The van der Waals surface area contributed by atoms with Crippen LogP contribution in [0.4, 0.5) is 11.5 Å². The molecule has 1 unspecified atom stereocenters. The average molecular weight is 538 g/mol. The van der Waals surface area contributed by atoms with E-state index in [9.17, 15) is 9.59 Å². The maximum atomic E-state index is 12.6. The number of fused-ring (bicyclic) bond motifs is 2. The number of amides is 2. The summed E-state index contributed by atoms with van der Waals surface area (Å²) < 4.78 is 9.65. The third-order valence-electron chi connectivity index (χ3n) is 7.67. The third-order valence-corrected chi connectivity index (χ3v) is 7.67. The molecule has 0 spiro atoms. The maximum Gasteiger partial charge on any atom is 0.245 e. The van der Waals surface area contributed by atoms with E-state index in [-0.39, 0.29) is 23.8 Å². The number of ether oxygens (including phenoxy) is 1. The van der Waals surface area contributed by atoms with Gasteiger partial charge in [0, 0.05) is 37.2 Å². The molecule has 4 aromatic heterocycles. The van der Waals surface area contributed by atoms with Crippen molar-refractivity contribution in [2.45, 2.75) is 38.1 Å². The van der Waals surface area contributed by atoms with Crippen molar-refractivity contribution in [2.24, 2.45) is 0 Å². The number of carbonyl (C=O) groups is 2. The fourth-order valence-electron chi connectivity index (χ4n) is 5.50. The largest absolute Gasteiger partial charge is 0.457 e. The Bertz CT molecular complexity index is 1740. The van der Waals surface area contributed by atoms with E-state index in [2.05, 4.69) is 36.9 Å². The Hall–Kier alpha value is -5.00. The lowest BCUT2D eigenvalue weighted by Gasteiger charge is -2.36.